The minimum atomic E-state index is -0.157. The predicted octanol–water partition coefficient (Wildman–Crippen LogP) is 4.94. The second kappa shape index (κ2) is 8.34. The fraction of sp³-hybridized carbons (Fsp3) is 0.333. The van der Waals surface area contributed by atoms with Crippen molar-refractivity contribution in [2.45, 2.75) is 53.1 Å². The number of pyridine rings is 1. The van der Waals surface area contributed by atoms with Crippen molar-refractivity contribution in [2.75, 3.05) is 5.32 Å². The largest absolute Gasteiger partial charge is 0.331 e. The zero-order chi connectivity index (χ0) is 22.1. The zero-order valence-electron chi connectivity index (χ0n) is 18.6. The van der Waals surface area contributed by atoms with Crippen LogP contribution in [0.2, 0.25) is 0 Å². The number of hydrogen-bond acceptors (Lipinski definition) is 4. The highest BCUT2D eigenvalue weighted by Crippen LogP contribution is 2.25. The van der Waals surface area contributed by atoms with Crippen molar-refractivity contribution >= 4 is 22.6 Å². The monoisotopic (exact) mass is 416 g/mol. The molecule has 0 aliphatic rings. The van der Waals surface area contributed by atoms with Gasteiger partial charge < -0.3 is 9.88 Å². The highest BCUT2D eigenvalue weighted by Gasteiger charge is 2.19. The Hall–Kier alpha value is -3.48. The molecule has 3 aromatic heterocycles. The fourth-order valence-electron chi connectivity index (χ4n) is 3.56. The molecular formula is C24H28N6O. The van der Waals surface area contributed by atoms with E-state index in [9.17, 15) is 4.79 Å². The van der Waals surface area contributed by atoms with Crippen LogP contribution in [0.1, 0.15) is 67.1 Å². The molecule has 31 heavy (non-hydrogen) atoms. The summed E-state index contributed by atoms with van der Waals surface area (Å²) in [4.78, 5) is 22.2. The average Bonchev–Trinajstić information content (AvgIpc) is 3.34. The van der Waals surface area contributed by atoms with Gasteiger partial charge in [-0.1, -0.05) is 26.0 Å². The van der Waals surface area contributed by atoms with E-state index in [0.29, 0.717) is 5.56 Å². The molecule has 0 unspecified atom stereocenters. The van der Waals surface area contributed by atoms with Crippen LogP contribution < -0.4 is 5.32 Å². The molecule has 160 valence electrons. The molecular weight excluding hydrogens is 388 g/mol. The van der Waals surface area contributed by atoms with E-state index in [-0.39, 0.29) is 17.9 Å². The van der Waals surface area contributed by atoms with Crippen molar-refractivity contribution in [2.24, 2.45) is 0 Å². The van der Waals surface area contributed by atoms with Gasteiger partial charge in [-0.3, -0.25) is 4.79 Å². The lowest BCUT2D eigenvalue weighted by atomic mass is 10.0. The first-order chi connectivity index (χ1) is 14.8. The van der Waals surface area contributed by atoms with E-state index in [1.54, 1.807) is 12.4 Å². The fourth-order valence-corrected chi connectivity index (χ4v) is 3.56. The van der Waals surface area contributed by atoms with Crippen molar-refractivity contribution < 1.29 is 4.79 Å². The molecule has 1 aromatic carbocycles. The predicted molar refractivity (Wildman–Crippen MR) is 122 cm³/mol. The van der Waals surface area contributed by atoms with Gasteiger partial charge in [0, 0.05) is 36.4 Å². The number of aromatic nitrogens is 5. The SMILES string of the molecule is Cc1nccn1Cc1ccc(NC(=O)c2cc(C(C)C)nc3c2cnn3C(C)C)cc1. The molecule has 0 saturated heterocycles. The number of anilines is 1. The van der Waals surface area contributed by atoms with Crippen LogP contribution in [0.3, 0.4) is 0 Å². The highest BCUT2D eigenvalue weighted by molar-refractivity contribution is 6.12. The van der Waals surface area contributed by atoms with Gasteiger partial charge in [-0.25, -0.2) is 14.6 Å². The lowest BCUT2D eigenvalue weighted by Crippen LogP contribution is -2.14. The number of aryl methyl sites for hydroxylation is 1. The third kappa shape index (κ3) is 4.21. The average molecular weight is 417 g/mol. The number of hydrogen-bond donors (Lipinski definition) is 1. The Morgan fingerprint density at radius 2 is 1.87 bits per heavy atom. The van der Waals surface area contributed by atoms with Crippen molar-refractivity contribution in [3.05, 3.63) is 71.6 Å². The van der Waals surface area contributed by atoms with Gasteiger partial charge in [-0.15, -0.1) is 0 Å². The van der Waals surface area contributed by atoms with E-state index in [0.717, 1.165) is 40.3 Å². The number of nitrogens with zero attached hydrogens (tertiary/aromatic N) is 5. The first-order valence-electron chi connectivity index (χ1n) is 10.6. The van der Waals surface area contributed by atoms with Crippen molar-refractivity contribution in [3.8, 4) is 0 Å². The zero-order valence-corrected chi connectivity index (χ0v) is 18.6. The first-order valence-corrected chi connectivity index (χ1v) is 10.6. The van der Waals surface area contributed by atoms with Gasteiger partial charge in [0.2, 0.25) is 0 Å². The maximum absolute atomic E-state index is 13.2. The molecule has 0 fully saturated rings. The molecule has 0 spiro atoms. The van der Waals surface area contributed by atoms with Crippen LogP contribution in [0.25, 0.3) is 11.0 Å². The summed E-state index contributed by atoms with van der Waals surface area (Å²) >= 11 is 0. The molecule has 1 N–H and O–H groups in total. The molecule has 1 amide bonds. The Bertz CT molecular complexity index is 1220. The van der Waals surface area contributed by atoms with Crippen LogP contribution in [-0.4, -0.2) is 30.2 Å². The molecule has 0 radical (unpaired) electrons. The van der Waals surface area contributed by atoms with Gasteiger partial charge in [0.25, 0.3) is 5.91 Å². The summed E-state index contributed by atoms with van der Waals surface area (Å²) in [6.45, 7) is 11.0. The molecule has 0 aliphatic heterocycles. The third-order valence-corrected chi connectivity index (χ3v) is 5.40. The molecule has 4 aromatic rings. The number of imidazole rings is 1. The van der Waals surface area contributed by atoms with Gasteiger partial charge in [-0.05, 0) is 50.5 Å². The quantitative estimate of drug-likeness (QED) is 0.483. The second-order valence-electron chi connectivity index (χ2n) is 8.42. The number of fused-ring (bicyclic) bond motifs is 1. The molecule has 4 rings (SSSR count). The van der Waals surface area contributed by atoms with Crippen molar-refractivity contribution in [1.82, 2.24) is 24.3 Å². The Morgan fingerprint density at radius 1 is 1.13 bits per heavy atom. The second-order valence-corrected chi connectivity index (χ2v) is 8.42. The summed E-state index contributed by atoms with van der Waals surface area (Å²) in [5, 5.41) is 8.26. The number of rotatable bonds is 6. The van der Waals surface area contributed by atoms with Gasteiger partial charge in [0.05, 0.1) is 17.1 Å². The van der Waals surface area contributed by atoms with Crippen molar-refractivity contribution in [3.63, 3.8) is 0 Å². The summed E-state index contributed by atoms with van der Waals surface area (Å²) in [6.07, 6.45) is 5.49. The molecule has 0 atom stereocenters. The smallest absolute Gasteiger partial charge is 0.256 e. The normalized spacial score (nSPS) is 11.6. The Kier molecular flexibility index (Phi) is 5.59. The van der Waals surface area contributed by atoms with Crippen LogP contribution in [0.5, 0.6) is 0 Å². The molecule has 7 nitrogen and oxygen atoms in total. The number of benzene rings is 1. The number of amides is 1. The molecule has 0 bridgehead atoms. The standard InChI is InChI=1S/C24H28N6O/c1-15(2)22-12-20(21-13-26-30(16(3)4)23(21)28-22)24(31)27-19-8-6-18(7-9-19)14-29-11-10-25-17(29)5/h6-13,15-16H,14H2,1-5H3,(H,27,31). The molecule has 0 saturated carbocycles. The van der Waals surface area contributed by atoms with Crippen LogP contribution in [0, 0.1) is 6.92 Å². The van der Waals surface area contributed by atoms with Gasteiger partial charge in [-0.2, -0.15) is 5.10 Å². The number of nitrogens with one attached hydrogen (secondary N) is 1. The Balaban J connectivity index is 1.60. The van der Waals surface area contributed by atoms with Crippen LogP contribution in [0.15, 0.2) is 48.9 Å². The van der Waals surface area contributed by atoms with E-state index in [2.05, 4.69) is 47.7 Å². The van der Waals surface area contributed by atoms with Gasteiger partial charge >= 0.3 is 0 Å². The van der Waals surface area contributed by atoms with E-state index < -0.39 is 0 Å². The minimum absolute atomic E-state index is 0.157. The summed E-state index contributed by atoms with van der Waals surface area (Å²) in [7, 11) is 0. The summed E-state index contributed by atoms with van der Waals surface area (Å²) in [5.74, 6) is 1.02. The lowest BCUT2D eigenvalue weighted by Gasteiger charge is -2.13. The maximum atomic E-state index is 13.2. The molecule has 0 aliphatic carbocycles. The van der Waals surface area contributed by atoms with Crippen LogP contribution in [0.4, 0.5) is 5.69 Å². The summed E-state index contributed by atoms with van der Waals surface area (Å²) in [5.41, 5.74) is 4.12. The maximum Gasteiger partial charge on any atom is 0.256 e. The molecule has 7 heteroatoms. The lowest BCUT2D eigenvalue weighted by molar-refractivity contribution is 0.102. The van der Waals surface area contributed by atoms with E-state index in [1.807, 2.05) is 48.1 Å². The Morgan fingerprint density at radius 3 is 2.48 bits per heavy atom. The topological polar surface area (TPSA) is 77.6 Å². The van der Waals surface area contributed by atoms with Gasteiger partial charge in [0.15, 0.2) is 5.65 Å². The van der Waals surface area contributed by atoms with Gasteiger partial charge in [0.1, 0.15) is 5.82 Å². The van der Waals surface area contributed by atoms with E-state index in [1.165, 1.54) is 0 Å². The first kappa shape index (κ1) is 20.8. The van der Waals surface area contributed by atoms with Crippen LogP contribution >= 0.6 is 0 Å². The third-order valence-electron chi connectivity index (χ3n) is 5.40. The highest BCUT2D eigenvalue weighted by atomic mass is 16.1. The minimum Gasteiger partial charge on any atom is -0.331 e. The molecule has 3 heterocycles. The number of carbonyl (C=O) groups excluding carboxylic acids is 1. The summed E-state index contributed by atoms with van der Waals surface area (Å²) < 4.78 is 3.95. The number of carbonyl (C=O) groups is 1. The van der Waals surface area contributed by atoms with Crippen molar-refractivity contribution in [1.29, 1.82) is 0 Å². The van der Waals surface area contributed by atoms with E-state index >= 15 is 0 Å². The Labute approximate surface area is 182 Å². The van der Waals surface area contributed by atoms with E-state index in [4.69, 9.17) is 4.98 Å². The summed E-state index contributed by atoms with van der Waals surface area (Å²) in [6, 6.07) is 9.94. The van der Waals surface area contributed by atoms with Crippen LogP contribution in [-0.2, 0) is 6.54 Å².